The predicted molar refractivity (Wildman–Crippen MR) is 241 cm³/mol. The summed E-state index contributed by atoms with van der Waals surface area (Å²) in [6.45, 7) is 8.22. The van der Waals surface area contributed by atoms with Gasteiger partial charge in [-0.2, -0.15) is 0 Å². The van der Waals surface area contributed by atoms with E-state index in [1.165, 1.54) is 14.2 Å². The summed E-state index contributed by atoms with van der Waals surface area (Å²) in [5, 5.41) is 7.50. The average molecular weight is 891 g/mol. The van der Waals surface area contributed by atoms with E-state index in [1.54, 1.807) is 7.11 Å². The van der Waals surface area contributed by atoms with Gasteiger partial charge >= 0.3 is 12.2 Å². The van der Waals surface area contributed by atoms with Crippen molar-refractivity contribution in [2.75, 3.05) is 47.7 Å². The number of ether oxygens (including phenoxy) is 5. The number of aromatic nitrogens is 4. The van der Waals surface area contributed by atoms with E-state index >= 15 is 0 Å². The maximum Gasteiger partial charge on any atom is 0.407 e. The number of fused-ring (bicyclic) bond motifs is 6. The minimum absolute atomic E-state index is 0.0225. The zero-order valence-corrected chi connectivity index (χ0v) is 37.8. The lowest BCUT2D eigenvalue weighted by Crippen LogP contribution is -2.53. The van der Waals surface area contributed by atoms with Gasteiger partial charge in [0.05, 0.1) is 55.8 Å². The van der Waals surface area contributed by atoms with Gasteiger partial charge in [-0.25, -0.2) is 19.6 Å². The minimum Gasteiger partial charge on any atom is -0.488 e. The monoisotopic (exact) mass is 890 g/mol. The number of H-pyrrole nitrogens is 2. The molecule has 2 aromatic heterocycles. The number of hydrogen-bond acceptors (Lipinski definition) is 11. The number of carbonyl (C=O) groups excluding carboxylic acids is 4. The van der Waals surface area contributed by atoms with Crippen molar-refractivity contribution in [2.24, 2.45) is 17.8 Å². The zero-order valence-electron chi connectivity index (χ0n) is 37.8. The molecule has 3 aromatic carbocycles. The van der Waals surface area contributed by atoms with Gasteiger partial charge in [-0.15, -0.1) is 0 Å². The van der Waals surface area contributed by atoms with Crippen LogP contribution in [-0.4, -0.2) is 120 Å². The molecule has 0 saturated carbocycles. The molecule has 344 valence electrons. The highest BCUT2D eigenvalue weighted by Crippen LogP contribution is 2.44. The SMILES string of the molecule is COC[C@H]1C[C@@H](c2nc3c(ccc4cc5c(cc43)OCc3cc(-c4cnc([C@@H]6CC[C@H](C)N6C(=O)C(NC(=O)OC)C(C)C)[nH]4)ccc3-5)[nH]2)N(C(=O)[C@@H](NC(=O)OC)C2CCOCC2)C1. The number of imidazole rings is 2. The zero-order chi connectivity index (χ0) is 45.5. The van der Waals surface area contributed by atoms with Crippen LogP contribution < -0.4 is 15.4 Å². The van der Waals surface area contributed by atoms with Crippen molar-refractivity contribution in [1.82, 2.24) is 40.4 Å². The third-order valence-electron chi connectivity index (χ3n) is 13.8. The normalized spacial score (nSPS) is 21.8. The molecule has 4 aliphatic rings. The van der Waals surface area contributed by atoms with Crippen molar-refractivity contribution in [3.63, 3.8) is 0 Å². The summed E-state index contributed by atoms with van der Waals surface area (Å²) in [5.41, 5.74) is 6.50. The quantitative estimate of drug-likeness (QED) is 0.109. The highest BCUT2D eigenvalue weighted by Gasteiger charge is 2.44. The first-order valence-electron chi connectivity index (χ1n) is 22.6. The van der Waals surface area contributed by atoms with E-state index in [-0.39, 0.29) is 47.7 Å². The number of rotatable bonds is 11. The Bertz CT molecular complexity index is 2600. The van der Waals surface area contributed by atoms with E-state index in [9.17, 15) is 19.2 Å². The van der Waals surface area contributed by atoms with Gasteiger partial charge in [0.15, 0.2) is 0 Å². The standard InChI is InChI=1S/C48H58N8O9/c1-25(2)40(53-47(59)62-5)46(58)56-26(3)7-12-37(56)43-49-21-36(51-43)30-8-10-32-31(18-30)24-65-39-20-33-29(19-34(32)39)9-11-35-42(33)52-44(50-35)38-17-27(23-61-4)22-55(38)45(57)41(54-48(60)63-6)28-13-15-64-16-14-28/h8-11,18-21,25-28,37-38,40-41H,7,12-17,22-24H2,1-6H3,(H,49,51)(H,50,52)(H,53,59)(H,54,60)/t26-,27-,37-,38-,40?,41-/m0/s1. The highest BCUT2D eigenvalue weighted by molar-refractivity contribution is 6.07. The molecule has 0 bridgehead atoms. The van der Waals surface area contributed by atoms with Crippen molar-refractivity contribution < 1.29 is 42.9 Å². The fraction of sp³-hybridized carbons (Fsp3) is 0.500. The Balaban J connectivity index is 0.973. The van der Waals surface area contributed by atoms with Crippen LogP contribution in [0.2, 0.25) is 0 Å². The molecular formula is C48H58N8O9. The van der Waals surface area contributed by atoms with E-state index in [4.69, 9.17) is 33.7 Å². The third kappa shape index (κ3) is 8.47. The van der Waals surface area contributed by atoms with E-state index in [2.05, 4.69) is 57.0 Å². The maximum absolute atomic E-state index is 14.5. The number of amides is 4. The van der Waals surface area contributed by atoms with Crippen LogP contribution >= 0.6 is 0 Å². The number of nitrogens with one attached hydrogen (secondary N) is 4. The van der Waals surface area contributed by atoms with Crippen LogP contribution in [0.5, 0.6) is 5.75 Å². The van der Waals surface area contributed by atoms with Crippen LogP contribution in [-0.2, 0) is 35.1 Å². The Morgan fingerprint density at radius 3 is 2.42 bits per heavy atom. The topological polar surface area (TPSA) is 202 Å². The molecule has 3 saturated heterocycles. The number of hydrogen-bond donors (Lipinski definition) is 4. The molecule has 17 heteroatoms. The number of alkyl carbamates (subject to hydrolysis) is 2. The molecule has 17 nitrogen and oxygen atoms in total. The summed E-state index contributed by atoms with van der Waals surface area (Å²) in [4.78, 5) is 73.7. The van der Waals surface area contributed by atoms with Gasteiger partial charge in [0.1, 0.15) is 36.1 Å². The van der Waals surface area contributed by atoms with Gasteiger partial charge in [0, 0.05) is 49.8 Å². The number of carbonyl (C=O) groups is 4. The smallest absolute Gasteiger partial charge is 0.407 e. The van der Waals surface area contributed by atoms with E-state index in [0.29, 0.717) is 63.9 Å². The lowest BCUT2D eigenvalue weighted by atomic mass is 9.90. The fourth-order valence-corrected chi connectivity index (χ4v) is 10.3. The van der Waals surface area contributed by atoms with Crippen LogP contribution in [0.3, 0.4) is 0 Å². The molecule has 6 atom stereocenters. The molecule has 4 amide bonds. The third-order valence-corrected chi connectivity index (χ3v) is 13.8. The molecular weight excluding hydrogens is 833 g/mol. The van der Waals surface area contributed by atoms with Crippen molar-refractivity contribution in [1.29, 1.82) is 0 Å². The number of methoxy groups -OCH3 is 3. The number of benzene rings is 3. The lowest BCUT2D eigenvalue weighted by Gasteiger charge is -2.34. The average Bonchev–Trinajstić information content (AvgIpc) is 4.15. The first kappa shape index (κ1) is 44.0. The molecule has 4 N–H and O–H groups in total. The lowest BCUT2D eigenvalue weighted by molar-refractivity contribution is -0.138. The van der Waals surface area contributed by atoms with Crippen molar-refractivity contribution in [3.05, 3.63) is 65.9 Å². The van der Waals surface area contributed by atoms with E-state index in [0.717, 1.165) is 68.3 Å². The van der Waals surface area contributed by atoms with Gasteiger partial charge in [-0.05, 0) is 97.2 Å². The predicted octanol–water partition coefficient (Wildman–Crippen LogP) is 6.79. The second kappa shape index (κ2) is 18.4. The van der Waals surface area contributed by atoms with Gasteiger partial charge in [0.25, 0.3) is 0 Å². The minimum atomic E-state index is -0.758. The van der Waals surface area contributed by atoms with Gasteiger partial charge in [0.2, 0.25) is 11.8 Å². The van der Waals surface area contributed by atoms with Crippen LogP contribution in [0.4, 0.5) is 9.59 Å². The Kier molecular flexibility index (Phi) is 12.4. The molecule has 0 spiro atoms. The molecule has 6 heterocycles. The molecule has 65 heavy (non-hydrogen) atoms. The second-order valence-corrected chi connectivity index (χ2v) is 18.2. The first-order chi connectivity index (χ1) is 31.5. The Hall–Kier alpha value is -6.20. The Morgan fingerprint density at radius 2 is 1.66 bits per heavy atom. The van der Waals surface area contributed by atoms with E-state index < -0.39 is 24.3 Å². The van der Waals surface area contributed by atoms with Gasteiger partial charge in [-0.3, -0.25) is 9.59 Å². The summed E-state index contributed by atoms with van der Waals surface area (Å²) < 4.78 is 27.4. The molecule has 5 aromatic rings. The number of likely N-dealkylation sites (tertiary alicyclic amines) is 2. The molecule has 9 rings (SSSR count). The largest absolute Gasteiger partial charge is 0.488 e. The Labute approximate surface area is 377 Å². The first-order valence-corrected chi connectivity index (χ1v) is 22.6. The Morgan fingerprint density at radius 1 is 0.877 bits per heavy atom. The summed E-state index contributed by atoms with van der Waals surface area (Å²) in [6.07, 6.45) is 4.07. The second-order valence-electron chi connectivity index (χ2n) is 18.2. The molecule has 4 aliphatic heterocycles. The number of nitrogens with zero attached hydrogens (tertiary/aromatic N) is 4. The van der Waals surface area contributed by atoms with Crippen molar-refractivity contribution >= 4 is 45.8 Å². The molecule has 3 fully saturated rings. The van der Waals surface area contributed by atoms with Gasteiger partial charge < -0.3 is 54.1 Å². The highest BCUT2D eigenvalue weighted by atomic mass is 16.5. The van der Waals surface area contributed by atoms with Crippen molar-refractivity contribution in [3.8, 4) is 28.1 Å². The van der Waals surface area contributed by atoms with Crippen LogP contribution in [0.15, 0.2) is 48.7 Å². The van der Waals surface area contributed by atoms with Crippen LogP contribution in [0, 0.1) is 17.8 Å². The summed E-state index contributed by atoms with van der Waals surface area (Å²) >= 11 is 0. The molecule has 0 radical (unpaired) electrons. The van der Waals surface area contributed by atoms with Crippen LogP contribution in [0.1, 0.15) is 82.2 Å². The van der Waals surface area contributed by atoms with E-state index in [1.807, 2.05) is 42.8 Å². The molecule has 1 unspecified atom stereocenters. The summed E-state index contributed by atoms with van der Waals surface area (Å²) in [6, 6.07) is 12.5. The maximum atomic E-state index is 14.5. The summed E-state index contributed by atoms with van der Waals surface area (Å²) in [7, 11) is 4.26. The van der Waals surface area contributed by atoms with Crippen molar-refractivity contribution in [2.45, 2.75) is 89.7 Å². The fourth-order valence-electron chi connectivity index (χ4n) is 10.3. The van der Waals surface area contributed by atoms with Crippen LogP contribution in [0.25, 0.3) is 44.2 Å². The van der Waals surface area contributed by atoms with Gasteiger partial charge in [-0.1, -0.05) is 32.0 Å². The molecule has 0 aliphatic carbocycles. The summed E-state index contributed by atoms with van der Waals surface area (Å²) in [5.74, 6) is 1.68. The number of aromatic amines is 2.